The van der Waals surface area contributed by atoms with Crippen molar-refractivity contribution in [3.8, 4) is 5.75 Å². The Morgan fingerprint density at radius 2 is 1.96 bits per heavy atom. The average molecular weight is 340 g/mol. The fourth-order valence-electron chi connectivity index (χ4n) is 2.53. The minimum Gasteiger partial charge on any atom is -0.482 e. The molecule has 0 spiro atoms. The molecule has 0 bridgehead atoms. The molecule has 0 fully saturated rings. The van der Waals surface area contributed by atoms with Gasteiger partial charge in [-0.25, -0.2) is 4.79 Å². The number of nitrogens with one attached hydrogen (secondary N) is 2. The first kappa shape index (κ1) is 16.5. The Balaban J connectivity index is 1.76. The highest BCUT2D eigenvalue weighted by Gasteiger charge is 2.19. The lowest BCUT2D eigenvalue weighted by molar-refractivity contribution is -0.118. The van der Waals surface area contributed by atoms with Crippen LogP contribution in [0.25, 0.3) is 0 Å². The van der Waals surface area contributed by atoms with E-state index >= 15 is 0 Å². The number of benzene rings is 2. The lowest BCUT2D eigenvalue weighted by Crippen LogP contribution is -2.28. The zero-order chi connectivity index (χ0) is 18.0. The number of fused-ring (bicyclic) bond motifs is 1. The molecule has 2 aromatic rings. The summed E-state index contributed by atoms with van der Waals surface area (Å²) in [6, 6.07) is 10.8. The largest absolute Gasteiger partial charge is 0.482 e. The SMILES string of the molecule is C[C@H](NC(=O)c1cccc(C(=O)O)c1)c1ccc2c(c1)NC(=O)CO2. The molecule has 0 unspecified atom stereocenters. The third kappa shape index (κ3) is 3.60. The Hall–Kier alpha value is -3.35. The van der Waals surface area contributed by atoms with Gasteiger partial charge in [-0.05, 0) is 42.8 Å². The summed E-state index contributed by atoms with van der Waals surface area (Å²) in [5.41, 5.74) is 1.66. The Kier molecular flexibility index (Phi) is 4.38. The first-order valence-electron chi connectivity index (χ1n) is 7.65. The molecule has 1 aliphatic heterocycles. The van der Waals surface area contributed by atoms with Gasteiger partial charge >= 0.3 is 5.97 Å². The van der Waals surface area contributed by atoms with Crippen molar-refractivity contribution in [1.29, 1.82) is 0 Å². The number of amides is 2. The van der Waals surface area contributed by atoms with E-state index in [1.807, 2.05) is 0 Å². The number of carbonyl (C=O) groups excluding carboxylic acids is 2. The van der Waals surface area contributed by atoms with Crippen LogP contribution >= 0.6 is 0 Å². The highest BCUT2D eigenvalue weighted by atomic mass is 16.5. The number of ether oxygens (including phenoxy) is 1. The van der Waals surface area contributed by atoms with E-state index in [4.69, 9.17) is 9.84 Å². The molecule has 3 N–H and O–H groups in total. The molecule has 7 heteroatoms. The smallest absolute Gasteiger partial charge is 0.335 e. The molecule has 1 heterocycles. The van der Waals surface area contributed by atoms with Gasteiger partial charge < -0.3 is 20.5 Å². The van der Waals surface area contributed by atoms with E-state index in [1.54, 1.807) is 31.2 Å². The molecule has 0 saturated carbocycles. The lowest BCUT2D eigenvalue weighted by atomic mass is 10.1. The second-order valence-corrected chi connectivity index (χ2v) is 5.67. The van der Waals surface area contributed by atoms with E-state index in [0.717, 1.165) is 5.56 Å². The van der Waals surface area contributed by atoms with Crippen LogP contribution in [0.15, 0.2) is 42.5 Å². The standard InChI is InChI=1S/C18H16N2O5/c1-10(11-5-6-15-14(8-11)20-16(21)9-25-15)19-17(22)12-3-2-4-13(7-12)18(23)24/h2-8,10H,9H2,1H3,(H,19,22)(H,20,21)(H,23,24)/t10-/m0/s1. The molecule has 0 aliphatic carbocycles. The molecule has 2 amide bonds. The minimum atomic E-state index is -1.09. The van der Waals surface area contributed by atoms with Gasteiger partial charge in [-0.3, -0.25) is 9.59 Å². The molecule has 128 valence electrons. The van der Waals surface area contributed by atoms with Gasteiger partial charge in [0, 0.05) is 5.56 Å². The van der Waals surface area contributed by atoms with Crippen LogP contribution in [-0.4, -0.2) is 29.5 Å². The minimum absolute atomic E-state index is 0.0153. The number of carboxylic acid groups (broad SMARTS) is 1. The molecule has 0 saturated heterocycles. The number of anilines is 1. The van der Waals surface area contributed by atoms with Crippen molar-refractivity contribution in [3.05, 3.63) is 59.2 Å². The summed E-state index contributed by atoms with van der Waals surface area (Å²) in [7, 11) is 0. The van der Waals surface area contributed by atoms with Crippen LogP contribution in [0.2, 0.25) is 0 Å². The van der Waals surface area contributed by atoms with E-state index in [2.05, 4.69) is 10.6 Å². The number of rotatable bonds is 4. The van der Waals surface area contributed by atoms with Gasteiger partial charge in [0.2, 0.25) is 0 Å². The predicted molar refractivity (Wildman–Crippen MR) is 89.8 cm³/mol. The Morgan fingerprint density at radius 1 is 1.20 bits per heavy atom. The van der Waals surface area contributed by atoms with Gasteiger partial charge in [-0.1, -0.05) is 12.1 Å². The van der Waals surface area contributed by atoms with Crippen LogP contribution in [0.3, 0.4) is 0 Å². The van der Waals surface area contributed by atoms with E-state index in [0.29, 0.717) is 11.4 Å². The summed E-state index contributed by atoms with van der Waals surface area (Å²) in [6.45, 7) is 1.78. The fourth-order valence-corrected chi connectivity index (χ4v) is 2.53. The van der Waals surface area contributed by atoms with E-state index < -0.39 is 5.97 Å². The molecule has 1 aliphatic rings. The summed E-state index contributed by atoms with van der Waals surface area (Å²) in [5, 5.41) is 14.5. The van der Waals surface area contributed by atoms with Crippen LogP contribution in [0, 0.1) is 0 Å². The molecule has 7 nitrogen and oxygen atoms in total. The summed E-state index contributed by atoms with van der Waals surface area (Å²) in [6.07, 6.45) is 0. The fraction of sp³-hybridized carbons (Fsp3) is 0.167. The van der Waals surface area contributed by atoms with Gasteiger partial charge in [0.25, 0.3) is 11.8 Å². The maximum Gasteiger partial charge on any atom is 0.335 e. The van der Waals surface area contributed by atoms with Crippen LogP contribution in [-0.2, 0) is 4.79 Å². The van der Waals surface area contributed by atoms with E-state index in [9.17, 15) is 14.4 Å². The van der Waals surface area contributed by atoms with Gasteiger partial charge in [0.15, 0.2) is 6.61 Å². The van der Waals surface area contributed by atoms with Gasteiger partial charge in [0.05, 0.1) is 17.3 Å². The molecular weight excluding hydrogens is 324 g/mol. The highest BCUT2D eigenvalue weighted by molar-refractivity contribution is 5.98. The second-order valence-electron chi connectivity index (χ2n) is 5.67. The molecule has 0 radical (unpaired) electrons. The van der Waals surface area contributed by atoms with Crippen LogP contribution in [0.5, 0.6) is 5.75 Å². The molecule has 0 aromatic heterocycles. The first-order chi connectivity index (χ1) is 11.9. The van der Waals surface area contributed by atoms with Gasteiger partial charge in [-0.2, -0.15) is 0 Å². The van der Waals surface area contributed by atoms with Crippen LogP contribution < -0.4 is 15.4 Å². The van der Waals surface area contributed by atoms with Crippen LogP contribution in [0.4, 0.5) is 5.69 Å². The molecule has 25 heavy (non-hydrogen) atoms. The molecule has 3 rings (SSSR count). The van der Waals surface area contributed by atoms with Crippen molar-refractivity contribution in [1.82, 2.24) is 5.32 Å². The normalized spacial score (nSPS) is 13.9. The van der Waals surface area contributed by atoms with Crippen molar-refractivity contribution in [2.45, 2.75) is 13.0 Å². The Bertz CT molecular complexity index is 862. The monoisotopic (exact) mass is 340 g/mol. The molecule has 1 atom stereocenters. The summed E-state index contributed by atoms with van der Waals surface area (Å²) in [5.74, 6) is -1.12. The average Bonchev–Trinajstić information content (AvgIpc) is 2.61. The number of hydrogen-bond donors (Lipinski definition) is 3. The van der Waals surface area contributed by atoms with E-state index in [-0.39, 0.29) is 35.6 Å². The number of aromatic carboxylic acids is 1. The van der Waals surface area contributed by atoms with Crippen molar-refractivity contribution in [2.24, 2.45) is 0 Å². The summed E-state index contributed by atoms with van der Waals surface area (Å²) >= 11 is 0. The third-order valence-electron chi connectivity index (χ3n) is 3.86. The second kappa shape index (κ2) is 6.64. The number of hydrogen-bond acceptors (Lipinski definition) is 4. The topological polar surface area (TPSA) is 105 Å². The third-order valence-corrected chi connectivity index (χ3v) is 3.86. The van der Waals surface area contributed by atoms with E-state index in [1.165, 1.54) is 18.2 Å². The van der Waals surface area contributed by atoms with Crippen molar-refractivity contribution < 1.29 is 24.2 Å². The molecule has 2 aromatic carbocycles. The maximum absolute atomic E-state index is 12.3. The maximum atomic E-state index is 12.3. The van der Waals surface area contributed by atoms with Crippen molar-refractivity contribution in [2.75, 3.05) is 11.9 Å². The Morgan fingerprint density at radius 3 is 2.72 bits per heavy atom. The quantitative estimate of drug-likeness (QED) is 0.791. The Labute approximate surface area is 143 Å². The van der Waals surface area contributed by atoms with Crippen molar-refractivity contribution >= 4 is 23.5 Å². The highest BCUT2D eigenvalue weighted by Crippen LogP contribution is 2.30. The first-order valence-corrected chi connectivity index (χ1v) is 7.65. The van der Waals surface area contributed by atoms with Crippen LogP contribution in [0.1, 0.15) is 39.2 Å². The lowest BCUT2D eigenvalue weighted by Gasteiger charge is -2.21. The number of carbonyl (C=O) groups is 3. The summed E-state index contributed by atoms with van der Waals surface area (Å²) < 4.78 is 5.30. The molecular formula is C18H16N2O5. The zero-order valence-electron chi connectivity index (χ0n) is 13.4. The van der Waals surface area contributed by atoms with Crippen molar-refractivity contribution in [3.63, 3.8) is 0 Å². The summed E-state index contributed by atoms with van der Waals surface area (Å²) in [4.78, 5) is 34.8. The number of carboxylic acids is 1. The van der Waals surface area contributed by atoms with Gasteiger partial charge in [0.1, 0.15) is 5.75 Å². The van der Waals surface area contributed by atoms with Gasteiger partial charge in [-0.15, -0.1) is 0 Å². The zero-order valence-corrected chi connectivity index (χ0v) is 13.4. The predicted octanol–water partition coefficient (Wildman–Crippen LogP) is 2.21.